The maximum Gasteiger partial charge on any atom is 0.408 e. The fourth-order valence-corrected chi connectivity index (χ4v) is 2.45. The van der Waals surface area contributed by atoms with Crippen LogP contribution in [-0.2, 0) is 9.53 Å². The molecule has 0 saturated heterocycles. The second kappa shape index (κ2) is 7.13. The highest BCUT2D eigenvalue weighted by Crippen LogP contribution is 2.28. The number of hydrogen-bond donors (Lipinski definition) is 2. The van der Waals surface area contributed by atoms with Crippen molar-refractivity contribution in [1.29, 1.82) is 0 Å². The van der Waals surface area contributed by atoms with Crippen molar-refractivity contribution in [3.05, 3.63) is 33.3 Å². The number of carbonyl (C=O) groups is 2. The first-order valence-electron chi connectivity index (χ1n) is 6.25. The Labute approximate surface area is 136 Å². The lowest BCUT2D eigenvalue weighted by Crippen LogP contribution is -2.35. The molecule has 0 spiro atoms. The van der Waals surface area contributed by atoms with Gasteiger partial charge in [0.25, 0.3) is 0 Å². The van der Waals surface area contributed by atoms with Gasteiger partial charge < -0.3 is 15.2 Å². The third-order valence-corrected chi connectivity index (χ3v) is 3.23. The van der Waals surface area contributed by atoms with Gasteiger partial charge in [-0.25, -0.2) is 4.79 Å². The Morgan fingerprint density at radius 2 is 2.05 bits per heavy atom. The van der Waals surface area contributed by atoms with Gasteiger partial charge in [-0.2, -0.15) is 0 Å². The molecule has 2 N–H and O–H groups in total. The van der Waals surface area contributed by atoms with Crippen molar-refractivity contribution in [2.45, 2.75) is 38.8 Å². The fourth-order valence-electron chi connectivity index (χ4n) is 1.65. The average Bonchev–Trinajstić information content (AvgIpc) is 2.24. The van der Waals surface area contributed by atoms with E-state index in [-0.39, 0.29) is 6.42 Å². The van der Waals surface area contributed by atoms with Crippen LogP contribution in [0.15, 0.2) is 22.7 Å². The molecule has 0 unspecified atom stereocenters. The Hall–Kier alpha value is -1.27. The summed E-state index contributed by atoms with van der Waals surface area (Å²) in [6, 6.07) is 4.27. The highest BCUT2D eigenvalue weighted by Gasteiger charge is 2.24. The van der Waals surface area contributed by atoms with Crippen LogP contribution in [0.3, 0.4) is 0 Å². The number of rotatable bonds is 4. The molecule has 0 aliphatic carbocycles. The van der Waals surface area contributed by atoms with Gasteiger partial charge in [-0.1, -0.05) is 33.6 Å². The minimum absolute atomic E-state index is 0.291. The second-order valence-electron chi connectivity index (χ2n) is 5.46. The number of carbonyl (C=O) groups excluding carboxylic acids is 1. The molecular formula is C14H17BrClNO4. The molecule has 1 amide bonds. The quantitative estimate of drug-likeness (QED) is 0.825. The molecule has 1 rings (SSSR count). The highest BCUT2D eigenvalue weighted by molar-refractivity contribution is 9.10. The van der Waals surface area contributed by atoms with Crippen LogP contribution in [0, 0.1) is 0 Å². The summed E-state index contributed by atoms with van der Waals surface area (Å²) in [5.74, 6) is -1.05. The molecule has 1 aromatic carbocycles. The summed E-state index contributed by atoms with van der Waals surface area (Å²) < 4.78 is 5.91. The number of nitrogens with one attached hydrogen (secondary N) is 1. The van der Waals surface area contributed by atoms with Crippen molar-refractivity contribution in [1.82, 2.24) is 5.32 Å². The number of aliphatic carboxylic acids is 1. The zero-order valence-corrected chi connectivity index (χ0v) is 14.3. The van der Waals surface area contributed by atoms with Crippen LogP contribution >= 0.6 is 27.5 Å². The van der Waals surface area contributed by atoms with Gasteiger partial charge >= 0.3 is 12.1 Å². The molecule has 0 aromatic heterocycles. The number of benzene rings is 1. The molecule has 1 atom stereocenters. The van der Waals surface area contributed by atoms with Crippen molar-refractivity contribution in [2.75, 3.05) is 0 Å². The predicted octanol–water partition coefficient (Wildman–Crippen LogP) is 4.14. The maximum absolute atomic E-state index is 11.8. The lowest BCUT2D eigenvalue weighted by Gasteiger charge is -2.23. The van der Waals surface area contributed by atoms with Crippen molar-refractivity contribution in [3.8, 4) is 0 Å². The molecule has 21 heavy (non-hydrogen) atoms. The monoisotopic (exact) mass is 377 g/mol. The van der Waals surface area contributed by atoms with E-state index in [1.54, 1.807) is 39.0 Å². The zero-order chi connectivity index (χ0) is 16.2. The third-order valence-electron chi connectivity index (χ3n) is 2.41. The van der Waals surface area contributed by atoms with Gasteiger partial charge in [-0.15, -0.1) is 0 Å². The largest absolute Gasteiger partial charge is 0.481 e. The van der Waals surface area contributed by atoms with Gasteiger partial charge in [0.2, 0.25) is 0 Å². The zero-order valence-electron chi connectivity index (χ0n) is 11.9. The first kappa shape index (κ1) is 17.8. The van der Waals surface area contributed by atoms with Gasteiger partial charge in [0, 0.05) is 9.50 Å². The van der Waals surface area contributed by atoms with Crippen LogP contribution < -0.4 is 5.32 Å². The second-order valence-corrected chi connectivity index (χ2v) is 6.79. The maximum atomic E-state index is 11.8. The van der Waals surface area contributed by atoms with E-state index in [9.17, 15) is 9.59 Å². The number of carboxylic acid groups (broad SMARTS) is 1. The lowest BCUT2D eigenvalue weighted by molar-refractivity contribution is -0.137. The summed E-state index contributed by atoms with van der Waals surface area (Å²) in [7, 11) is 0. The standard InChI is InChI=1S/C14H17BrClNO4/c1-14(2,3)21-13(20)17-11(7-12(18)19)9-5-4-8(15)6-10(9)16/h4-6,11H,7H2,1-3H3,(H,17,20)(H,18,19)/t11-/m0/s1. The van der Waals surface area contributed by atoms with Gasteiger partial charge in [0.05, 0.1) is 12.5 Å². The van der Waals surface area contributed by atoms with E-state index in [1.807, 2.05) is 0 Å². The molecule has 5 nitrogen and oxygen atoms in total. The minimum atomic E-state index is -1.05. The van der Waals surface area contributed by atoms with Gasteiger partial charge in [0.15, 0.2) is 0 Å². The van der Waals surface area contributed by atoms with Crippen molar-refractivity contribution in [2.24, 2.45) is 0 Å². The first-order chi connectivity index (χ1) is 9.58. The molecule has 1 aromatic rings. The number of hydrogen-bond acceptors (Lipinski definition) is 3. The van der Waals surface area contributed by atoms with Crippen LogP contribution in [-0.4, -0.2) is 22.8 Å². The summed E-state index contributed by atoms with van der Waals surface area (Å²) in [5, 5.41) is 11.9. The minimum Gasteiger partial charge on any atom is -0.481 e. The highest BCUT2D eigenvalue weighted by atomic mass is 79.9. The van der Waals surface area contributed by atoms with E-state index in [1.165, 1.54) is 0 Å². The van der Waals surface area contributed by atoms with Crippen molar-refractivity contribution < 1.29 is 19.4 Å². The predicted molar refractivity (Wildman–Crippen MR) is 83.5 cm³/mol. The summed E-state index contributed by atoms with van der Waals surface area (Å²) in [6.07, 6.45) is -0.978. The van der Waals surface area contributed by atoms with E-state index >= 15 is 0 Å². The van der Waals surface area contributed by atoms with Crippen LogP contribution in [0.1, 0.15) is 38.8 Å². The molecule has 0 fully saturated rings. The number of carboxylic acids is 1. The molecule has 0 aliphatic rings. The number of alkyl carbamates (subject to hydrolysis) is 1. The Morgan fingerprint density at radius 1 is 1.43 bits per heavy atom. The average molecular weight is 379 g/mol. The summed E-state index contributed by atoms with van der Waals surface area (Å²) in [6.45, 7) is 5.18. The fraction of sp³-hybridized carbons (Fsp3) is 0.429. The molecule has 0 saturated carbocycles. The third kappa shape index (κ3) is 6.35. The number of ether oxygens (including phenoxy) is 1. The molecule has 0 radical (unpaired) electrons. The Bertz CT molecular complexity index is 542. The van der Waals surface area contributed by atoms with Crippen molar-refractivity contribution >= 4 is 39.6 Å². The molecule has 116 valence electrons. The lowest BCUT2D eigenvalue weighted by atomic mass is 10.0. The van der Waals surface area contributed by atoms with Crippen LogP contribution in [0.25, 0.3) is 0 Å². The SMILES string of the molecule is CC(C)(C)OC(=O)N[C@@H](CC(=O)O)c1ccc(Br)cc1Cl. The van der Waals surface area contributed by atoms with Crippen LogP contribution in [0.2, 0.25) is 5.02 Å². The van der Waals surface area contributed by atoms with E-state index in [4.69, 9.17) is 21.4 Å². The smallest absolute Gasteiger partial charge is 0.408 e. The Morgan fingerprint density at radius 3 is 2.52 bits per heavy atom. The Kier molecular flexibility index (Phi) is 6.04. The summed E-state index contributed by atoms with van der Waals surface area (Å²) in [4.78, 5) is 22.8. The topological polar surface area (TPSA) is 75.6 Å². The number of amides is 1. The Balaban J connectivity index is 2.95. The normalized spacial score (nSPS) is 12.6. The van der Waals surface area contributed by atoms with Gasteiger partial charge in [-0.05, 0) is 38.5 Å². The molecule has 0 bridgehead atoms. The van der Waals surface area contributed by atoms with E-state index in [2.05, 4.69) is 21.2 Å². The van der Waals surface area contributed by atoms with E-state index < -0.39 is 23.7 Å². The molecule has 0 heterocycles. The first-order valence-corrected chi connectivity index (χ1v) is 7.42. The van der Waals surface area contributed by atoms with Crippen molar-refractivity contribution in [3.63, 3.8) is 0 Å². The summed E-state index contributed by atoms with van der Waals surface area (Å²) >= 11 is 9.38. The van der Waals surface area contributed by atoms with Crippen LogP contribution in [0.5, 0.6) is 0 Å². The van der Waals surface area contributed by atoms with E-state index in [0.29, 0.717) is 10.6 Å². The van der Waals surface area contributed by atoms with Crippen LogP contribution in [0.4, 0.5) is 4.79 Å². The number of halogens is 2. The molecule has 7 heteroatoms. The summed E-state index contributed by atoms with van der Waals surface area (Å²) in [5.41, 5.74) is -0.144. The van der Waals surface area contributed by atoms with Gasteiger partial charge in [-0.3, -0.25) is 4.79 Å². The van der Waals surface area contributed by atoms with E-state index in [0.717, 1.165) is 4.47 Å². The van der Waals surface area contributed by atoms with Gasteiger partial charge in [0.1, 0.15) is 5.60 Å². The molecular weight excluding hydrogens is 362 g/mol. The molecule has 0 aliphatic heterocycles.